The monoisotopic (exact) mass is 743 g/mol. The van der Waals surface area contributed by atoms with E-state index in [4.69, 9.17) is 20.1 Å². The van der Waals surface area contributed by atoms with Crippen LogP contribution < -0.4 is 4.74 Å². The zero-order valence-corrected chi connectivity index (χ0v) is 35.1. The third-order valence-electron chi connectivity index (χ3n) is 8.75. The molecule has 0 amide bonds. The first-order chi connectivity index (χ1) is 24.8. The number of aliphatic carboxylic acids is 3. The molecule has 7 nitrogen and oxygen atoms in total. The van der Waals surface area contributed by atoms with Crippen molar-refractivity contribution < 1.29 is 34.4 Å². The standard InChI is InChI=1S/2C18H35O2.C8H8O3.Mg/c2*1-2-3-4-5-6-7-8-9-10-11-12-13-14-15-16-17-18(19)20;9-8(10)6-11-7-4-2-1-3-5-7;/h2*15H,2-14,16-17H2,1H3,(H,19,20);1-5H,6H2,(H,9,10);/q2*-1;;+2. The number of unbranched alkanes of at least 4 members (excludes halogenated alkanes) is 28. The van der Waals surface area contributed by atoms with Gasteiger partial charge in [-0.25, -0.2) is 4.79 Å². The van der Waals surface area contributed by atoms with Crippen molar-refractivity contribution in [2.45, 2.75) is 206 Å². The van der Waals surface area contributed by atoms with Crippen molar-refractivity contribution in [3.8, 4) is 5.75 Å². The van der Waals surface area contributed by atoms with Crippen molar-refractivity contribution in [1.29, 1.82) is 0 Å². The Morgan fingerprint density at radius 1 is 0.462 bits per heavy atom. The van der Waals surface area contributed by atoms with Gasteiger partial charge in [-0.05, 0) is 12.1 Å². The van der Waals surface area contributed by atoms with Crippen LogP contribution in [0.4, 0.5) is 0 Å². The molecule has 1 rings (SSSR count). The summed E-state index contributed by atoms with van der Waals surface area (Å²) in [5.41, 5.74) is 0. The second kappa shape index (κ2) is 47.2. The van der Waals surface area contributed by atoms with E-state index in [1.165, 1.54) is 154 Å². The van der Waals surface area contributed by atoms with Gasteiger partial charge in [0, 0.05) is 12.8 Å². The predicted molar refractivity (Wildman–Crippen MR) is 219 cm³/mol. The molecule has 0 heterocycles. The van der Waals surface area contributed by atoms with E-state index in [0.29, 0.717) is 5.75 Å². The van der Waals surface area contributed by atoms with Crippen molar-refractivity contribution in [2.24, 2.45) is 0 Å². The molecule has 0 saturated heterocycles. The molecule has 1 aromatic carbocycles. The zero-order chi connectivity index (χ0) is 37.9. The zero-order valence-electron chi connectivity index (χ0n) is 33.6. The van der Waals surface area contributed by atoms with Crippen LogP contribution in [0.25, 0.3) is 0 Å². The predicted octanol–water partition coefficient (Wildman–Crippen LogP) is 13.1. The number of rotatable bonds is 35. The van der Waals surface area contributed by atoms with Crippen LogP contribution in [0.5, 0.6) is 5.75 Å². The minimum absolute atomic E-state index is 0. The summed E-state index contributed by atoms with van der Waals surface area (Å²) in [5.74, 6) is -1.75. The van der Waals surface area contributed by atoms with Gasteiger partial charge < -0.3 is 32.9 Å². The van der Waals surface area contributed by atoms with Crippen LogP contribution >= 0.6 is 0 Å². The first kappa shape index (κ1) is 54.5. The van der Waals surface area contributed by atoms with Crippen LogP contribution in [-0.2, 0) is 14.4 Å². The fourth-order valence-corrected chi connectivity index (χ4v) is 5.66. The Hall–Kier alpha value is -1.80. The summed E-state index contributed by atoms with van der Waals surface area (Å²) in [5, 5.41) is 25.2. The summed E-state index contributed by atoms with van der Waals surface area (Å²) < 4.78 is 4.87. The average Bonchev–Trinajstić information content (AvgIpc) is 3.11. The maximum atomic E-state index is 10.3. The van der Waals surface area contributed by atoms with Crippen molar-refractivity contribution in [3.05, 3.63) is 43.2 Å². The number of hydrogen-bond donors (Lipinski definition) is 3. The van der Waals surface area contributed by atoms with Crippen molar-refractivity contribution in [3.63, 3.8) is 0 Å². The molecule has 0 aliphatic carbocycles. The number of hydrogen-bond acceptors (Lipinski definition) is 4. The van der Waals surface area contributed by atoms with Gasteiger partial charge in [0.2, 0.25) is 0 Å². The molecule has 0 atom stereocenters. The molecular formula is C44H78MgO7. The molecule has 3 N–H and O–H groups in total. The third kappa shape index (κ3) is 52.6. The molecule has 1 aromatic rings. The smallest absolute Gasteiger partial charge is 0.482 e. The van der Waals surface area contributed by atoms with E-state index in [-0.39, 0.29) is 42.5 Å². The molecule has 0 aromatic heterocycles. The fraction of sp³-hybridized carbons (Fsp3) is 0.750. The molecular weight excluding hydrogens is 665 g/mol. The Bertz CT molecular complexity index is 821. The Labute approximate surface area is 336 Å². The normalized spacial score (nSPS) is 10.3. The molecule has 0 unspecified atom stereocenters. The van der Waals surface area contributed by atoms with Gasteiger partial charge in [0.25, 0.3) is 0 Å². The van der Waals surface area contributed by atoms with Crippen molar-refractivity contribution in [2.75, 3.05) is 6.61 Å². The second-order valence-electron chi connectivity index (χ2n) is 13.8. The summed E-state index contributed by atoms with van der Waals surface area (Å²) in [7, 11) is 0. The Kier molecular flexibility index (Phi) is 49.5. The van der Waals surface area contributed by atoms with Crippen LogP contribution in [0, 0.1) is 12.8 Å². The Morgan fingerprint density at radius 3 is 1.06 bits per heavy atom. The molecule has 52 heavy (non-hydrogen) atoms. The van der Waals surface area contributed by atoms with Gasteiger partial charge in [-0.3, -0.25) is 9.59 Å². The molecule has 0 spiro atoms. The fourth-order valence-electron chi connectivity index (χ4n) is 5.66. The quantitative estimate of drug-likeness (QED) is 0.0359. The first-order valence-corrected chi connectivity index (χ1v) is 20.8. The molecule has 0 fully saturated rings. The Morgan fingerprint density at radius 2 is 0.769 bits per heavy atom. The number of carboxylic acid groups (broad SMARTS) is 3. The maximum Gasteiger partial charge on any atom is 2.00 e. The van der Waals surface area contributed by atoms with Gasteiger partial charge in [0.1, 0.15) is 5.75 Å². The number of carboxylic acids is 3. The van der Waals surface area contributed by atoms with Crippen LogP contribution in [0.15, 0.2) is 30.3 Å². The van der Waals surface area contributed by atoms with Gasteiger partial charge in [-0.2, -0.15) is 25.7 Å². The maximum absolute atomic E-state index is 10.3. The summed E-state index contributed by atoms with van der Waals surface area (Å²) in [6.07, 6.45) is 41.5. The van der Waals surface area contributed by atoms with Crippen LogP contribution in [0.1, 0.15) is 206 Å². The van der Waals surface area contributed by atoms with E-state index >= 15 is 0 Å². The van der Waals surface area contributed by atoms with Gasteiger partial charge >= 0.3 is 41.0 Å². The van der Waals surface area contributed by atoms with Crippen LogP contribution in [-0.4, -0.2) is 62.9 Å². The minimum Gasteiger partial charge on any atom is -0.482 e. The van der Waals surface area contributed by atoms with E-state index in [1.54, 1.807) is 24.3 Å². The third-order valence-corrected chi connectivity index (χ3v) is 8.75. The van der Waals surface area contributed by atoms with Crippen molar-refractivity contribution >= 4 is 41.0 Å². The molecule has 0 aliphatic heterocycles. The van der Waals surface area contributed by atoms with Gasteiger partial charge in [-0.1, -0.05) is 186 Å². The summed E-state index contributed by atoms with van der Waals surface area (Å²) in [6.45, 7) is 4.25. The van der Waals surface area contributed by atoms with Gasteiger partial charge in [0.05, 0.1) is 0 Å². The summed E-state index contributed by atoms with van der Waals surface area (Å²) >= 11 is 0. The van der Waals surface area contributed by atoms with Crippen LogP contribution in [0.2, 0.25) is 0 Å². The van der Waals surface area contributed by atoms with E-state index < -0.39 is 17.9 Å². The number of para-hydroxylation sites is 1. The van der Waals surface area contributed by atoms with Gasteiger partial charge in [-0.15, -0.1) is 0 Å². The molecule has 0 saturated carbocycles. The number of benzene rings is 1. The van der Waals surface area contributed by atoms with E-state index in [0.717, 1.165) is 25.7 Å². The van der Waals surface area contributed by atoms with E-state index in [9.17, 15) is 14.4 Å². The van der Waals surface area contributed by atoms with Crippen LogP contribution in [0.3, 0.4) is 0 Å². The average molecular weight is 743 g/mol. The first-order valence-electron chi connectivity index (χ1n) is 20.8. The largest absolute Gasteiger partial charge is 2.00 e. The summed E-state index contributed by atoms with van der Waals surface area (Å²) in [6, 6.07) is 8.84. The molecule has 0 bridgehead atoms. The van der Waals surface area contributed by atoms with Crippen molar-refractivity contribution in [1.82, 2.24) is 0 Å². The van der Waals surface area contributed by atoms with Gasteiger partial charge in [0.15, 0.2) is 6.61 Å². The minimum atomic E-state index is -0.964. The summed E-state index contributed by atoms with van der Waals surface area (Å²) in [4.78, 5) is 30.7. The van der Waals surface area contributed by atoms with E-state index in [1.807, 2.05) is 6.07 Å². The number of carbonyl (C=O) groups is 3. The second-order valence-corrected chi connectivity index (χ2v) is 13.8. The van der Waals surface area contributed by atoms with E-state index in [2.05, 4.69) is 26.7 Å². The molecule has 0 aliphatic rings. The molecule has 8 heteroatoms. The topological polar surface area (TPSA) is 121 Å². The molecule has 0 radical (unpaired) electrons. The Balaban J connectivity index is -0.000000713. The SMILES string of the molecule is CCCCCCCCCCCCCC[CH-]CCC(=O)O.CCCCCCCCCCCCCC[CH-]CCC(=O)O.O=C(O)COc1ccccc1.[Mg+2]. The molecule has 298 valence electrons. The number of ether oxygens (including phenoxy) is 1.